The number of aromatic nitrogens is 1. The minimum atomic E-state index is 0.0499. The molecule has 0 unspecified atom stereocenters. The van der Waals surface area contributed by atoms with Crippen molar-refractivity contribution in [1.82, 2.24) is 9.88 Å². The topological polar surface area (TPSA) is 54.5 Å². The third-order valence-corrected chi connectivity index (χ3v) is 4.55. The Morgan fingerprint density at radius 1 is 1.27 bits per heavy atom. The molecule has 1 amide bonds. The Morgan fingerprint density at radius 3 is 2.69 bits per heavy atom. The highest BCUT2D eigenvalue weighted by atomic mass is 16.5. The molecule has 1 saturated heterocycles. The van der Waals surface area contributed by atoms with Gasteiger partial charge in [0.2, 0.25) is 5.91 Å². The average Bonchev–Trinajstić information content (AvgIpc) is 2.59. The van der Waals surface area contributed by atoms with Crippen LogP contribution in [0.5, 0.6) is 5.75 Å². The number of hydrogen-bond donors (Lipinski definition) is 1. The van der Waals surface area contributed by atoms with Crippen molar-refractivity contribution in [3.8, 4) is 5.75 Å². The van der Waals surface area contributed by atoms with E-state index in [-0.39, 0.29) is 11.8 Å². The molecule has 0 bridgehead atoms. The fourth-order valence-electron chi connectivity index (χ4n) is 2.91. The largest absolute Gasteiger partial charge is 0.494 e. The maximum Gasteiger partial charge on any atom is 0.230 e. The SMILES string of the molecule is CC(C)CCOc1ccc(CN2CC(C(=O)Nc3cccnc3)C2)cc1. The van der Waals surface area contributed by atoms with E-state index in [0.29, 0.717) is 5.92 Å². The number of carbonyl (C=O) groups excluding carboxylic acids is 1. The quantitative estimate of drug-likeness (QED) is 0.788. The van der Waals surface area contributed by atoms with Crippen molar-refractivity contribution in [3.05, 3.63) is 54.4 Å². The summed E-state index contributed by atoms with van der Waals surface area (Å²) in [6, 6.07) is 11.9. The second kappa shape index (κ2) is 8.81. The Labute approximate surface area is 155 Å². The highest BCUT2D eigenvalue weighted by molar-refractivity contribution is 5.93. The van der Waals surface area contributed by atoms with Crippen LogP contribution in [-0.2, 0) is 11.3 Å². The Morgan fingerprint density at radius 2 is 2.04 bits per heavy atom. The first kappa shape index (κ1) is 18.4. The summed E-state index contributed by atoms with van der Waals surface area (Å²) >= 11 is 0. The summed E-state index contributed by atoms with van der Waals surface area (Å²) in [6.45, 7) is 7.60. The number of nitrogens with one attached hydrogen (secondary N) is 1. The molecule has 1 fully saturated rings. The summed E-state index contributed by atoms with van der Waals surface area (Å²) in [5, 5.41) is 2.92. The van der Waals surface area contributed by atoms with Crippen LogP contribution in [0.3, 0.4) is 0 Å². The molecule has 5 heteroatoms. The Kier molecular flexibility index (Phi) is 6.23. The van der Waals surface area contributed by atoms with Crippen LogP contribution in [0.15, 0.2) is 48.8 Å². The van der Waals surface area contributed by atoms with E-state index in [0.717, 1.165) is 44.1 Å². The van der Waals surface area contributed by atoms with Gasteiger partial charge in [0.05, 0.1) is 24.4 Å². The van der Waals surface area contributed by atoms with Gasteiger partial charge >= 0.3 is 0 Å². The first-order valence-electron chi connectivity index (χ1n) is 9.25. The van der Waals surface area contributed by atoms with Crippen LogP contribution in [-0.4, -0.2) is 35.5 Å². The van der Waals surface area contributed by atoms with Gasteiger partial charge in [-0.25, -0.2) is 0 Å². The predicted molar refractivity (Wildman–Crippen MR) is 103 cm³/mol. The lowest BCUT2D eigenvalue weighted by molar-refractivity contribution is -0.125. The smallest absolute Gasteiger partial charge is 0.230 e. The zero-order chi connectivity index (χ0) is 18.4. The maximum absolute atomic E-state index is 12.2. The van der Waals surface area contributed by atoms with E-state index in [2.05, 4.69) is 41.2 Å². The molecule has 1 aliphatic heterocycles. The lowest BCUT2D eigenvalue weighted by atomic mass is 9.98. The molecule has 138 valence electrons. The summed E-state index contributed by atoms with van der Waals surface area (Å²) in [5.41, 5.74) is 2.00. The maximum atomic E-state index is 12.2. The fraction of sp³-hybridized carbons (Fsp3) is 0.429. The number of rotatable bonds is 8. The van der Waals surface area contributed by atoms with Crippen LogP contribution in [0, 0.1) is 11.8 Å². The van der Waals surface area contributed by atoms with E-state index in [1.165, 1.54) is 5.56 Å². The Balaban J connectivity index is 1.39. The van der Waals surface area contributed by atoms with E-state index in [9.17, 15) is 4.79 Å². The molecule has 26 heavy (non-hydrogen) atoms. The molecule has 5 nitrogen and oxygen atoms in total. The number of carbonyl (C=O) groups is 1. The van der Waals surface area contributed by atoms with Gasteiger partial charge in [-0.15, -0.1) is 0 Å². The van der Waals surface area contributed by atoms with E-state index in [1.807, 2.05) is 24.3 Å². The zero-order valence-corrected chi connectivity index (χ0v) is 15.5. The Hall–Kier alpha value is -2.40. The van der Waals surface area contributed by atoms with Crippen molar-refractivity contribution < 1.29 is 9.53 Å². The number of amides is 1. The third-order valence-electron chi connectivity index (χ3n) is 4.55. The van der Waals surface area contributed by atoms with Crippen LogP contribution >= 0.6 is 0 Å². The van der Waals surface area contributed by atoms with Crippen molar-refractivity contribution in [2.24, 2.45) is 11.8 Å². The van der Waals surface area contributed by atoms with Gasteiger partial charge in [-0.2, -0.15) is 0 Å². The van der Waals surface area contributed by atoms with Crippen LogP contribution < -0.4 is 10.1 Å². The van der Waals surface area contributed by atoms with Gasteiger partial charge in [-0.3, -0.25) is 14.7 Å². The van der Waals surface area contributed by atoms with Crippen molar-refractivity contribution in [1.29, 1.82) is 0 Å². The average molecular weight is 353 g/mol. The van der Waals surface area contributed by atoms with Gasteiger partial charge in [0.15, 0.2) is 0 Å². The van der Waals surface area contributed by atoms with Crippen LogP contribution in [0.1, 0.15) is 25.8 Å². The first-order valence-corrected chi connectivity index (χ1v) is 9.25. The number of hydrogen-bond acceptors (Lipinski definition) is 4. The number of nitrogens with zero attached hydrogens (tertiary/aromatic N) is 2. The van der Waals surface area contributed by atoms with Crippen molar-refractivity contribution in [2.75, 3.05) is 25.0 Å². The minimum Gasteiger partial charge on any atom is -0.494 e. The van der Waals surface area contributed by atoms with Crippen molar-refractivity contribution >= 4 is 11.6 Å². The number of benzene rings is 1. The van der Waals surface area contributed by atoms with Gasteiger partial charge in [0, 0.05) is 25.8 Å². The predicted octanol–water partition coefficient (Wildman–Crippen LogP) is 3.58. The third kappa shape index (κ3) is 5.30. The monoisotopic (exact) mass is 353 g/mol. The van der Waals surface area contributed by atoms with Gasteiger partial charge in [0.25, 0.3) is 0 Å². The fourth-order valence-corrected chi connectivity index (χ4v) is 2.91. The number of anilines is 1. The second-order valence-corrected chi connectivity index (χ2v) is 7.30. The molecule has 0 radical (unpaired) electrons. The molecule has 2 aromatic rings. The summed E-state index contributed by atoms with van der Waals surface area (Å²) < 4.78 is 5.75. The van der Waals surface area contributed by atoms with Crippen molar-refractivity contribution in [2.45, 2.75) is 26.8 Å². The normalized spacial score (nSPS) is 14.9. The van der Waals surface area contributed by atoms with E-state index in [4.69, 9.17) is 4.74 Å². The molecule has 1 N–H and O–H groups in total. The molecule has 1 aromatic carbocycles. The molecule has 0 atom stereocenters. The summed E-state index contributed by atoms with van der Waals surface area (Å²) in [7, 11) is 0. The highest BCUT2D eigenvalue weighted by Gasteiger charge is 2.32. The molecular formula is C21H27N3O2. The van der Waals surface area contributed by atoms with Crippen LogP contribution in [0.2, 0.25) is 0 Å². The lowest BCUT2D eigenvalue weighted by Gasteiger charge is -2.38. The van der Waals surface area contributed by atoms with E-state index in [1.54, 1.807) is 12.4 Å². The molecule has 2 heterocycles. The van der Waals surface area contributed by atoms with E-state index < -0.39 is 0 Å². The molecule has 3 rings (SSSR count). The van der Waals surface area contributed by atoms with Gasteiger partial charge in [-0.1, -0.05) is 26.0 Å². The summed E-state index contributed by atoms with van der Waals surface area (Å²) in [4.78, 5) is 18.5. The second-order valence-electron chi connectivity index (χ2n) is 7.30. The minimum absolute atomic E-state index is 0.0499. The van der Waals surface area contributed by atoms with Gasteiger partial charge in [0.1, 0.15) is 5.75 Å². The summed E-state index contributed by atoms with van der Waals surface area (Å²) in [6.07, 6.45) is 4.43. The van der Waals surface area contributed by atoms with Gasteiger partial charge in [-0.05, 0) is 42.2 Å². The van der Waals surface area contributed by atoms with Crippen LogP contribution in [0.25, 0.3) is 0 Å². The van der Waals surface area contributed by atoms with Crippen LogP contribution in [0.4, 0.5) is 5.69 Å². The van der Waals surface area contributed by atoms with Crippen molar-refractivity contribution in [3.63, 3.8) is 0 Å². The number of likely N-dealkylation sites (tertiary alicyclic amines) is 1. The first-order chi connectivity index (χ1) is 12.6. The molecule has 1 aliphatic rings. The summed E-state index contributed by atoms with van der Waals surface area (Å²) in [5.74, 6) is 1.70. The highest BCUT2D eigenvalue weighted by Crippen LogP contribution is 2.21. The number of pyridine rings is 1. The number of ether oxygens (including phenoxy) is 1. The zero-order valence-electron chi connectivity index (χ0n) is 15.5. The molecular weight excluding hydrogens is 326 g/mol. The lowest BCUT2D eigenvalue weighted by Crippen LogP contribution is -2.51. The van der Waals surface area contributed by atoms with E-state index >= 15 is 0 Å². The molecule has 0 aliphatic carbocycles. The molecule has 0 spiro atoms. The van der Waals surface area contributed by atoms with Gasteiger partial charge < -0.3 is 10.1 Å². The Bertz CT molecular complexity index is 695. The molecule has 1 aromatic heterocycles. The molecule has 0 saturated carbocycles. The standard InChI is InChI=1S/C21H27N3O2/c1-16(2)9-11-26-20-7-5-17(6-8-20)13-24-14-18(15-24)21(25)23-19-4-3-10-22-12-19/h3-8,10,12,16,18H,9,11,13-15H2,1-2H3,(H,23,25).